The van der Waals surface area contributed by atoms with Crippen LogP contribution in [-0.2, 0) is 6.54 Å². The SMILES string of the molecule is CCCn1c(-c2sc(N)nc2C)nc2cccc(Cl)c21. The summed E-state index contributed by atoms with van der Waals surface area (Å²) in [7, 11) is 0. The first kappa shape index (κ1) is 13.4. The first-order valence-corrected chi connectivity index (χ1v) is 7.69. The number of anilines is 1. The predicted molar refractivity (Wildman–Crippen MR) is 85.3 cm³/mol. The summed E-state index contributed by atoms with van der Waals surface area (Å²) in [6.07, 6.45) is 1.01. The number of hydrogen-bond acceptors (Lipinski definition) is 4. The number of halogens is 1. The predicted octanol–water partition coefficient (Wildman–Crippen LogP) is 4.11. The van der Waals surface area contributed by atoms with Gasteiger partial charge in [0.1, 0.15) is 0 Å². The van der Waals surface area contributed by atoms with Gasteiger partial charge in [-0.05, 0) is 25.5 Å². The molecule has 0 bridgehead atoms. The first-order chi connectivity index (χ1) is 9.61. The van der Waals surface area contributed by atoms with Crippen LogP contribution in [0.2, 0.25) is 5.02 Å². The Labute approximate surface area is 126 Å². The highest BCUT2D eigenvalue weighted by molar-refractivity contribution is 7.18. The van der Waals surface area contributed by atoms with E-state index >= 15 is 0 Å². The molecule has 0 aliphatic heterocycles. The molecule has 0 unspecified atom stereocenters. The third-order valence-electron chi connectivity index (χ3n) is 3.18. The van der Waals surface area contributed by atoms with Gasteiger partial charge in [0.25, 0.3) is 0 Å². The number of hydrogen-bond donors (Lipinski definition) is 1. The second-order valence-corrected chi connectivity index (χ2v) is 6.10. The van der Waals surface area contributed by atoms with E-state index in [0.717, 1.165) is 45.4 Å². The number of rotatable bonds is 3. The van der Waals surface area contributed by atoms with Crippen LogP contribution in [0.1, 0.15) is 19.0 Å². The molecule has 20 heavy (non-hydrogen) atoms. The van der Waals surface area contributed by atoms with E-state index in [1.165, 1.54) is 11.3 Å². The Morgan fingerprint density at radius 3 is 2.80 bits per heavy atom. The summed E-state index contributed by atoms with van der Waals surface area (Å²) >= 11 is 7.81. The standard InChI is InChI=1S/C14H15ClN4S/c1-3-7-19-11-9(15)5-4-6-10(11)18-13(19)12-8(2)17-14(16)20-12/h4-6H,3,7H2,1-2H3,(H2,16,17). The van der Waals surface area contributed by atoms with Crippen LogP contribution in [-0.4, -0.2) is 14.5 Å². The molecule has 0 saturated heterocycles. The van der Waals surface area contributed by atoms with Gasteiger partial charge in [-0.15, -0.1) is 0 Å². The molecule has 0 aliphatic carbocycles. The molecule has 3 rings (SSSR count). The van der Waals surface area contributed by atoms with Crippen LogP contribution in [0.3, 0.4) is 0 Å². The number of nitrogens with two attached hydrogens (primary N) is 1. The van der Waals surface area contributed by atoms with E-state index in [-0.39, 0.29) is 0 Å². The van der Waals surface area contributed by atoms with Gasteiger partial charge in [0.15, 0.2) is 11.0 Å². The Kier molecular flexibility index (Phi) is 3.40. The summed E-state index contributed by atoms with van der Waals surface area (Å²) in [5.41, 5.74) is 8.62. The lowest BCUT2D eigenvalue weighted by atomic mass is 10.3. The molecule has 2 heterocycles. The number of fused-ring (bicyclic) bond motifs is 1. The maximum Gasteiger partial charge on any atom is 0.180 e. The molecule has 0 amide bonds. The van der Waals surface area contributed by atoms with Crippen molar-refractivity contribution in [3.8, 4) is 10.7 Å². The van der Waals surface area contributed by atoms with E-state index in [4.69, 9.17) is 22.3 Å². The molecule has 0 spiro atoms. The molecule has 2 N–H and O–H groups in total. The largest absolute Gasteiger partial charge is 0.375 e. The smallest absolute Gasteiger partial charge is 0.180 e. The van der Waals surface area contributed by atoms with Gasteiger partial charge in [-0.25, -0.2) is 9.97 Å². The third kappa shape index (κ3) is 2.07. The number of nitrogen functional groups attached to an aromatic ring is 1. The Morgan fingerprint density at radius 2 is 2.15 bits per heavy atom. The highest BCUT2D eigenvalue weighted by Gasteiger charge is 2.18. The zero-order valence-corrected chi connectivity index (χ0v) is 12.9. The lowest BCUT2D eigenvalue weighted by Gasteiger charge is -2.07. The lowest BCUT2D eigenvalue weighted by Crippen LogP contribution is -2.00. The van der Waals surface area contributed by atoms with Gasteiger partial charge < -0.3 is 10.3 Å². The normalized spacial score (nSPS) is 11.3. The second kappa shape index (κ2) is 5.07. The number of benzene rings is 1. The van der Waals surface area contributed by atoms with E-state index in [1.54, 1.807) is 0 Å². The average Bonchev–Trinajstić information content (AvgIpc) is 2.91. The molecule has 0 saturated carbocycles. The zero-order chi connectivity index (χ0) is 14.3. The summed E-state index contributed by atoms with van der Waals surface area (Å²) in [5.74, 6) is 0.904. The summed E-state index contributed by atoms with van der Waals surface area (Å²) in [6.45, 7) is 4.96. The Morgan fingerprint density at radius 1 is 1.35 bits per heavy atom. The van der Waals surface area contributed by atoms with Crippen LogP contribution >= 0.6 is 22.9 Å². The Balaban J connectivity index is 2.32. The lowest BCUT2D eigenvalue weighted by molar-refractivity contribution is 0.704. The van der Waals surface area contributed by atoms with Crippen molar-refractivity contribution in [2.45, 2.75) is 26.8 Å². The van der Waals surface area contributed by atoms with Crippen LogP contribution in [0.15, 0.2) is 18.2 Å². The van der Waals surface area contributed by atoms with Crippen molar-refractivity contribution >= 4 is 39.1 Å². The van der Waals surface area contributed by atoms with Gasteiger partial charge in [0, 0.05) is 6.54 Å². The van der Waals surface area contributed by atoms with E-state index in [0.29, 0.717) is 5.13 Å². The second-order valence-electron chi connectivity index (χ2n) is 4.66. The topological polar surface area (TPSA) is 56.7 Å². The summed E-state index contributed by atoms with van der Waals surface area (Å²) in [4.78, 5) is 10.0. The summed E-state index contributed by atoms with van der Waals surface area (Å²) < 4.78 is 2.16. The van der Waals surface area contributed by atoms with Crippen molar-refractivity contribution in [2.24, 2.45) is 0 Å². The maximum atomic E-state index is 6.35. The van der Waals surface area contributed by atoms with Crippen molar-refractivity contribution in [1.82, 2.24) is 14.5 Å². The molecule has 0 aliphatic rings. The van der Waals surface area contributed by atoms with Crippen LogP contribution in [0.4, 0.5) is 5.13 Å². The van der Waals surface area contributed by atoms with Crippen LogP contribution < -0.4 is 5.73 Å². The van der Waals surface area contributed by atoms with Crippen molar-refractivity contribution in [1.29, 1.82) is 0 Å². The molecule has 0 atom stereocenters. The van der Waals surface area contributed by atoms with E-state index in [2.05, 4.69) is 16.5 Å². The molecule has 6 heteroatoms. The minimum Gasteiger partial charge on any atom is -0.375 e. The number of nitrogens with zero attached hydrogens (tertiary/aromatic N) is 3. The maximum absolute atomic E-state index is 6.35. The highest BCUT2D eigenvalue weighted by atomic mass is 35.5. The van der Waals surface area contributed by atoms with Crippen molar-refractivity contribution in [3.05, 3.63) is 28.9 Å². The Bertz CT molecular complexity index is 775. The molecule has 0 fully saturated rings. The monoisotopic (exact) mass is 306 g/mol. The van der Waals surface area contributed by atoms with Gasteiger partial charge >= 0.3 is 0 Å². The molecule has 104 valence electrons. The van der Waals surface area contributed by atoms with Gasteiger partial charge in [-0.2, -0.15) is 0 Å². The number of para-hydroxylation sites is 1. The fraction of sp³-hybridized carbons (Fsp3) is 0.286. The van der Waals surface area contributed by atoms with E-state index in [1.807, 2.05) is 25.1 Å². The molecular weight excluding hydrogens is 292 g/mol. The van der Waals surface area contributed by atoms with Gasteiger partial charge in [-0.3, -0.25) is 0 Å². The highest BCUT2D eigenvalue weighted by Crippen LogP contribution is 2.35. The molecular formula is C14H15ClN4S. The number of aromatic nitrogens is 3. The quantitative estimate of drug-likeness (QED) is 0.792. The van der Waals surface area contributed by atoms with Crippen molar-refractivity contribution in [2.75, 3.05) is 5.73 Å². The van der Waals surface area contributed by atoms with Crippen molar-refractivity contribution < 1.29 is 0 Å². The molecule has 3 aromatic rings. The number of imidazole rings is 1. The summed E-state index contributed by atoms with van der Waals surface area (Å²) in [6, 6.07) is 5.80. The molecule has 2 aromatic heterocycles. The van der Waals surface area contributed by atoms with Crippen LogP contribution in [0.5, 0.6) is 0 Å². The van der Waals surface area contributed by atoms with Gasteiger partial charge in [0.05, 0.1) is 26.6 Å². The minimum atomic E-state index is 0.568. The van der Waals surface area contributed by atoms with Crippen LogP contribution in [0, 0.1) is 6.92 Å². The fourth-order valence-electron chi connectivity index (χ4n) is 2.38. The Hall–Kier alpha value is -1.59. The number of thiazole rings is 1. The third-order valence-corrected chi connectivity index (χ3v) is 4.47. The van der Waals surface area contributed by atoms with Gasteiger partial charge in [-0.1, -0.05) is 35.9 Å². The van der Waals surface area contributed by atoms with Crippen molar-refractivity contribution in [3.63, 3.8) is 0 Å². The van der Waals surface area contributed by atoms with Crippen LogP contribution in [0.25, 0.3) is 21.7 Å². The van der Waals surface area contributed by atoms with E-state index < -0.39 is 0 Å². The molecule has 1 aromatic carbocycles. The van der Waals surface area contributed by atoms with Gasteiger partial charge in [0.2, 0.25) is 0 Å². The number of aryl methyl sites for hydroxylation is 2. The molecule has 4 nitrogen and oxygen atoms in total. The fourth-order valence-corrected chi connectivity index (χ4v) is 3.48. The zero-order valence-electron chi connectivity index (χ0n) is 11.4. The van der Waals surface area contributed by atoms with E-state index in [9.17, 15) is 0 Å². The average molecular weight is 307 g/mol. The summed E-state index contributed by atoms with van der Waals surface area (Å²) in [5, 5.41) is 1.29. The molecule has 0 radical (unpaired) electrons. The first-order valence-electron chi connectivity index (χ1n) is 6.49. The minimum absolute atomic E-state index is 0.568.